The summed E-state index contributed by atoms with van der Waals surface area (Å²) in [6.45, 7) is 2.31. The molecule has 21 heavy (non-hydrogen) atoms. The first kappa shape index (κ1) is 15.2. The van der Waals surface area contributed by atoms with Crippen molar-refractivity contribution < 1.29 is 18.8 Å². The van der Waals surface area contributed by atoms with Gasteiger partial charge in [-0.2, -0.15) is 4.98 Å². The Morgan fingerprint density at radius 2 is 2.10 bits per heavy atom. The molecule has 6 nitrogen and oxygen atoms in total. The molecular weight excluding hydrogens is 272 g/mol. The quantitative estimate of drug-likeness (QED) is 0.727. The molecule has 0 aliphatic carbocycles. The lowest BCUT2D eigenvalue weighted by molar-refractivity contribution is -0.145. The van der Waals surface area contributed by atoms with Gasteiger partial charge in [0.15, 0.2) is 5.82 Å². The highest BCUT2D eigenvalue weighted by Crippen LogP contribution is 2.21. The third-order valence-electron chi connectivity index (χ3n) is 2.91. The fourth-order valence-corrected chi connectivity index (χ4v) is 1.96. The largest absolute Gasteiger partial charge is 0.465 e. The van der Waals surface area contributed by atoms with Gasteiger partial charge < -0.3 is 14.0 Å². The van der Waals surface area contributed by atoms with Crippen molar-refractivity contribution in [1.29, 1.82) is 0 Å². The van der Waals surface area contributed by atoms with Crippen molar-refractivity contribution in [2.45, 2.75) is 25.9 Å². The van der Waals surface area contributed by atoms with Crippen molar-refractivity contribution in [3.8, 4) is 0 Å². The SMILES string of the molecule is CCOC(=O)C(Cc1ccccc1)c1nc(COC)no1. The van der Waals surface area contributed by atoms with E-state index in [9.17, 15) is 4.79 Å². The molecule has 2 rings (SSSR count). The minimum Gasteiger partial charge on any atom is -0.465 e. The highest BCUT2D eigenvalue weighted by molar-refractivity contribution is 5.77. The number of aromatic nitrogens is 2. The topological polar surface area (TPSA) is 74.5 Å². The zero-order valence-corrected chi connectivity index (χ0v) is 12.1. The normalized spacial score (nSPS) is 12.1. The van der Waals surface area contributed by atoms with Gasteiger partial charge >= 0.3 is 5.97 Å². The number of nitrogens with zero attached hydrogens (tertiary/aromatic N) is 2. The summed E-state index contributed by atoms with van der Waals surface area (Å²) in [7, 11) is 1.54. The summed E-state index contributed by atoms with van der Waals surface area (Å²) < 4.78 is 15.2. The van der Waals surface area contributed by atoms with E-state index in [0.29, 0.717) is 18.9 Å². The van der Waals surface area contributed by atoms with Gasteiger partial charge in [-0.25, -0.2) is 0 Å². The lowest BCUT2D eigenvalue weighted by atomic mass is 9.99. The van der Waals surface area contributed by atoms with E-state index >= 15 is 0 Å². The first-order valence-electron chi connectivity index (χ1n) is 6.76. The van der Waals surface area contributed by atoms with Crippen LogP contribution in [0.5, 0.6) is 0 Å². The Balaban J connectivity index is 2.20. The zero-order valence-electron chi connectivity index (χ0n) is 12.1. The summed E-state index contributed by atoms with van der Waals surface area (Å²) >= 11 is 0. The fourth-order valence-electron chi connectivity index (χ4n) is 1.96. The van der Waals surface area contributed by atoms with Crippen molar-refractivity contribution >= 4 is 5.97 Å². The molecular formula is C15H18N2O4. The van der Waals surface area contributed by atoms with E-state index in [0.717, 1.165) is 5.56 Å². The smallest absolute Gasteiger partial charge is 0.318 e. The second-order valence-electron chi connectivity index (χ2n) is 4.48. The van der Waals surface area contributed by atoms with E-state index in [1.165, 1.54) is 0 Å². The van der Waals surface area contributed by atoms with Crippen LogP contribution in [-0.2, 0) is 27.3 Å². The minimum absolute atomic E-state index is 0.240. The van der Waals surface area contributed by atoms with E-state index in [1.807, 2.05) is 30.3 Å². The van der Waals surface area contributed by atoms with Crippen molar-refractivity contribution in [2.75, 3.05) is 13.7 Å². The summed E-state index contributed by atoms with van der Waals surface area (Å²) in [5.41, 5.74) is 1.00. The Morgan fingerprint density at radius 1 is 1.33 bits per heavy atom. The van der Waals surface area contributed by atoms with Gasteiger partial charge in [0.1, 0.15) is 12.5 Å². The second kappa shape index (κ2) is 7.54. The van der Waals surface area contributed by atoms with E-state index in [-0.39, 0.29) is 18.5 Å². The molecule has 0 N–H and O–H groups in total. The van der Waals surface area contributed by atoms with Gasteiger partial charge in [-0.15, -0.1) is 0 Å². The predicted molar refractivity (Wildman–Crippen MR) is 74.5 cm³/mol. The Bertz CT molecular complexity index is 568. The number of ether oxygens (including phenoxy) is 2. The maximum absolute atomic E-state index is 12.1. The number of benzene rings is 1. The number of carbonyl (C=O) groups is 1. The van der Waals surface area contributed by atoms with E-state index in [2.05, 4.69) is 10.1 Å². The van der Waals surface area contributed by atoms with Crippen LogP contribution in [0.3, 0.4) is 0 Å². The molecule has 6 heteroatoms. The Labute approximate surface area is 123 Å². The Morgan fingerprint density at radius 3 is 2.76 bits per heavy atom. The molecule has 1 heterocycles. The minimum atomic E-state index is -0.606. The van der Waals surface area contributed by atoms with Gasteiger partial charge in [0, 0.05) is 7.11 Å². The van der Waals surface area contributed by atoms with Crippen LogP contribution < -0.4 is 0 Å². The van der Waals surface area contributed by atoms with Crippen molar-refractivity contribution in [3.63, 3.8) is 0 Å². The summed E-state index contributed by atoms with van der Waals surface area (Å²) in [6, 6.07) is 9.65. The molecule has 2 aromatic rings. The molecule has 1 aromatic heterocycles. The van der Waals surface area contributed by atoms with E-state index < -0.39 is 5.92 Å². The number of carbonyl (C=O) groups excluding carboxylic acids is 1. The van der Waals surface area contributed by atoms with Crippen molar-refractivity contribution in [3.05, 3.63) is 47.6 Å². The van der Waals surface area contributed by atoms with Crippen molar-refractivity contribution in [2.24, 2.45) is 0 Å². The monoisotopic (exact) mass is 290 g/mol. The molecule has 112 valence electrons. The van der Waals surface area contributed by atoms with Crippen LogP contribution >= 0.6 is 0 Å². The maximum atomic E-state index is 12.1. The van der Waals surface area contributed by atoms with Gasteiger partial charge in [-0.1, -0.05) is 35.5 Å². The molecule has 1 unspecified atom stereocenters. The average molecular weight is 290 g/mol. The van der Waals surface area contributed by atoms with Gasteiger partial charge in [-0.3, -0.25) is 4.79 Å². The summed E-state index contributed by atoms with van der Waals surface area (Å²) in [5, 5.41) is 3.79. The van der Waals surface area contributed by atoms with Crippen LogP contribution in [0.4, 0.5) is 0 Å². The van der Waals surface area contributed by atoms with Gasteiger partial charge in [0.25, 0.3) is 0 Å². The fraction of sp³-hybridized carbons (Fsp3) is 0.400. The lowest BCUT2D eigenvalue weighted by Gasteiger charge is -2.11. The first-order valence-corrected chi connectivity index (χ1v) is 6.76. The van der Waals surface area contributed by atoms with Crippen molar-refractivity contribution in [1.82, 2.24) is 10.1 Å². The zero-order chi connectivity index (χ0) is 15.1. The van der Waals surface area contributed by atoms with Crippen LogP contribution in [0.2, 0.25) is 0 Å². The number of methoxy groups -OCH3 is 1. The highest BCUT2D eigenvalue weighted by atomic mass is 16.5. The van der Waals surface area contributed by atoms with E-state index in [4.69, 9.17) is 14.0 Å². The van der Waals surface area contributed by atoms with E-state index in [1.54, 1.807) is 14.0 Å². The summed E-state index contributed by atoms with van der Waals surface area (Å²) in [5.74, 6) is -0.307. The summed E-state index contributed by atoms with van der Waals surface area (Å²) in [6.07, 6.45) is 0.453. The van der Waals surface area contributed by atoms with Crippen LogP contribution in [0.25, 0.3) is 0 Å². The van der Waals surface area contributed by atoms with Gasteiger partial charge in [-0.05, 0) is 18.9 Å². The Hall–Kier alpha value is -2.21. The standard InChI is InChI=1S/C15H18N2O4/c1-3-20-15(18)12(9-11-7-5-4-6-8-11)14-16-13(10-19-2)17-21-14/h4-8,12H,3,9-10H2,1-2H3. The predicted octanol–water partition coefficient (Wildman–Crippen LogP) is 2.11. The third kappa shape index (κ3) is 4.13. The van der Waals surface area contributed by atoms with Crippen LogP contribution in [0, 0.1) is 0 Å². The first-order chi connectivity index (χ1) is 10.2. The van der Waals surface area contributed by atoms with Crippen LogP contribution in [0.1, 0.15) is 30.1 Å². The molecule has 0 aliphatic heterocycles. The molecule has 0 saturated heterocycles. The number of rotatable bonds is 7. The molecule has 0 saturated carbocycles. The molecule has 0 spiro atoms. The highest BCUT2D eigenvalue weighted by Gasteiger charge is 2.28. The molecule has 0 radical (unpaired) electrons. The number of hydrogen-bond acceptors (Lipinski definition) is 6. The maximum Gasteiger partial charge on any atom is 0.318 e. The average Bonchev–Trinajstić information content (AvgIpc) is 2.95. The number of hydrogen-bond donors (Lipinski definition) is 0. The third-order valence-corrected chi connectivity index (χ3v) is 2.91. The molecule has 0 amide bonds. The molecule has 0 aliphatic rings. The Kier molecular flexibility index (Phi) is 5.45. The molecule has 0 fully saturated rings. The lowest BCUT2D eigenvalue weighted by Crippen LogP contribution is -2.18. The molecule has 1 atom stereocenters. The summed E-state index contributed by atoms with van der Waals surface area (Å²) in [4.78, 5) is 16.3. The molecule has 1 aromatic carbocycles. The molecule has 0 bridgehead atoms. The van der Waals surface area contributed by atoms with Gasteiger partial charge in [0.2, 0.25) is 5.89 Å². The number of esters is 1. The van der Waals surface area contributed by atoms with Gasteiger partial charge in [0.05, 0.1) is 6.61 Å². The van der Waals surface area contributed by atoms with Crippen LogP contribution in [-0.4, -0.2) is 29.8 Å². The van der Waals surface area contributed by atoms with Crippen LogP contribution in [0.15, 0.2) is 34.9 Å². The second-order valence-corrected chi connectivity index (χ2v) is 4.48.